The van der Waals surface area contributed by atoms with Crippen molar-refractivity contribution < 1.29 is 4.79 Å². The SMILES string of the molecule is Cc1ccsc1C(=O)N1CCC[C@@H]1c1ccccc1-c1cn[nH]c1. The molecule has 1 aliphatic heterocycles. The van der Waals surface area contributed by atoms with E-state index in [1.807, 2.05) is 41.7 Å². The van der Waals surface area contributed by atoms with Crippen molar-refractivity contribution in [2.24, 2.45) is 0 Å². The lowest BCUT2D eigenvalue weighted by atomic mass is 9.95. The summed E-state index contributed by atoms with van der Waals surface area (Å²) in [6, 6.07) is 10.5. The van der Waals surface area contributed by atoms with Crippen molar-refractivity contribution >= 4 is 17.2 Å². The minimum absolute atomic E-state index is 0.130. The van der Waals surface area contributed by atoms with Gasteiger partial charge in [-0.1, -0.05) is 24.3 Å². The van der Waals surface area contributed by atoms with Crippen LogP contribution in [0.4, 0.5) is 0 Å². The Hall–Kier alpha value is -2.40. The van der Waals surface area contributed by atoms with E-state index in [-0.39, 0.29) is 11.9 Å². The van der Waals surface area contributed by atoms with Gasteiger partial charge in [0.2, 0.25) is 0 Å². The number of rotatable bonds is 3. The zero-order chi connectivity index (χ0) is 16.5. The van der Waals surface area contributed by atoms with Crippen LogP contribution in [0, 0.1) is 6.92 Å². The first kappa shape index (κ1) is 15.1. The highest BCUT2D eigenvalue weighted by Crippen LogP contribution is 2.38. The van der Waals surface area contributed by atoms with E-state index >= 15 is 0 Å². The summed E-state index contributed by atoms with van der Waals surface area (Å²) in [4.78, 5) is 15.9. The number of aryl methyl sites for hydroxylation is 1. The first-order valence-electron chi connectivity index (χ1n) is 8.19. The second-order valence-corrected chi connectivity index (χ2v) is 7.08. The van der Waals surface area contributed by atoms with Gasteiger partial charge >= 0.3 is 0 Å². The lowest BCUT2D eigenvalue weighted by molar-refractivity contribution is 0.0740. The number of carbonyl (C=O) groups excluding carboxylic acids is 1. The lowest BCUT2D eigenvalue weighted by Crippen LogP contribution is -2.30. The Balaban J connectivity index is 1.72. The third-order valence-corrected chi connectivity index (χ3v) is 5.70. The molecule has 1 aromatic carbocycles. The Morgan fingerprint density at radius 2 is 2.21 bits per heavy atom. The minimum Gasteiger partial charge on any atom is -0.331 e. The highest BCUT2D eigenvalue weighted by Gasteiger charge is 2.33. The number of hydrogen-bond acceptors (Lipinski definition) is 3. The molecule has 0 bridgehead atoms. The maximum Gasteiger partial charge on any atom is 0.264 e. The number of aromatic amines is 1. The predicted octanol–water partition coefficient (Wildman–Crippen LogP) is 4.42. The third-order valence-electron chi connectivity index (χ3n) is 4.70. The molecule has 122 valence electrons. The van der Waals surface area contributed by atoms with Gasteiger partial charge < -0.3 is 4.90 Å². The number of nitrogens with one attached hydrogen (secondary N) is 1. The fourth-order valence-corrected chi connectivity index (χ4v) is 4.38. The Labute approximate surface area is 145 Å². The molecule has 0 aliphatic carbocycles. The normalized spacial score (nSPS) is 17.4. The predicted molar refractivity (Wildman–Crippen MR) is 96.1 cm³/mol. The molecule has 1 amide bonds. The molecular weight excluding hydrogens is 318 g/mol. The van der Waals surface area contributed by atoms with E-state index in [1.165, 1.54) is 16.9 Å². The minimum atomic E-state index is 0.130. The highest BCUT2D eigenvalue weighted by atomic mass is 32.1. The van der Waals surface area contributed by atoms with Crippen LogP contribution in [0.1, 0.15) is 39.7 Å². The summed E-state index contributed by atoms with van der Waals surface area (Å²) in [5, 5.41) is 8.94. The average Bonchev–Trinajstić information content (AvgIpc) is 3.35. The summed E-state index contributed by atoms with van der Waals surface area (Å²) in [5.41, 5.74) is 4.49. The molecule has 4 rings (SSSR count). The number of thiophene rings is 1. The lowest BCUT2D eigenvalue weighted by Gasteiger charge is -2.26. The summed E-state index contributed by atoms with van der Waals surface area (Å²) < 4.78 is 0. The molecule has 3 heterocycles. The number of amides is 1. The summed E-state index contributed by atoms with van der Waals surface area (Å²) in [7, 11) is 0. The topological polar surface area (TPSA) is 49.0 Å². The monoisotopic (exact) mass is 337 g/mol. The number of likely N-dealkylation sites (tertiary alicyclic amines) is 1. The van der Waals surface area contributed by atoms with E-state index < -0.39 is 0 Å². The summed E-state index contributed by atoms with van der Waals surface area (Å²) in [6.07, 6.45) is 5.79. The van der Waals surface area contributed by atoms with E-state index in [4.69, 9.17) is 0 Å². The van der Waals surface area contributed by atoms with Crippen LogP contribution in [0.2, 0.25) is 0 Å². The third kappa shape index (κ3) is 2.55. The van der Waals surface area contributed by atoms with Gasteiger partial charge in [-0.05, 0) is 47.9 Å². The van der Waals surface area contributed by atoms with Crippen molar-refractivity contribution in [3.05, 3.63) is 64.1 Å². The first-order chi connectivity index (χ1) is 11.8. The highest BCUT2D eigenvalue weighted by molar-refractivity contribution is 7.12. The number of aromatic nitrogens is 2. The maximum absolute atomic E-state index is 13.0. The Morgan fingerprint density at radius 1 is 1.33 bits per heavy atom. The van der Waals surface area contributed by atoms with Crippen LogP contribution in [0.5, 0.6) is 0 Å². The molecule has 1 N–H and O–H groups in total. The summed E-state index contributed by atoms with van der Waals surface area (Å²) in [5.74, 6) is 0.159. The summed E-state index contributed by atoms with van der Waals surface area (Å²) >= 11 is 1.54. The molecule has 0 radical (unpaired) electrons. The number of benzene rings is 1. The van der Waals surface area contributed by atoms with Crippen LogP contribution in [0.15, 0.2) is 48.1 Å². The number of H-pyrrole nitrogens is 1. The zero-order valence-corrected chi connectivity index (χ0v) is 14.3. The van der Waals surface area contributed by atoms with Crippen molar-refractivity contribution in [3.63, 3.8) is 0 Å². The Kier molecular flexibility index (Phi) is 3.94. The second-order valence-electron chi connectivity index (χ2n) is 6.16. The molecule has 0 spiro atoms. The van der Waals surface area contributed by atoms with Gasteiger partial charge in [-0.25, -0.2) is 0 Å². The fourth-order valence-electron chi connectivity index (χ4n) is 3.50. The van der Waals surface area contributed by atoms with E-state index in [1.54, 1.807) is 0 Å². The van der Waals surface area contributed by atoms with Gasteiger partial charge in [0.25, 0.3) is 5.91 Å². The quantitative estimate of drug-likeness (QED) is 0.769. The van der Waals surface area contributed by atoms with E-state index in [0.717, 1.165) is 41.0 Å². The van der Waals surface area contributed by atoms with Crippen molar-refractivity contribution in [1.82, 2.24) is 15.1 Å². The van der Waals surface area contributed by atoms with Crippen LogP contribution < -0.4 is 0 Å². The van der Waals surface area contributed by atoms with Gasteiger partial charge in [0, 0.05) is 18.3 Å². The maximum atomic E-state index is 13.0. The molecular formula is C19H19N3OS. The molecule has 3 aromatic rings. The number of hydrogen-bond donors (Lipinski definition) is 1. The number of carbonyl (C=O) groups is 1. The molecule has 0 unspecified atom stereocenters. The molecule has 4 nitrogen and oxygen atoms in total. The van der Waals surface area contributed by atoms with Gasteiger partial charge in [-0.2, -0.15) is 5.10 Å². The van der Waals surface area contributed by atoms with Gasteiger partial charge in [0.1, 0.15) is 0 Å². The summed E-state index contributed by atoms with van der Waals surface area (Å²) in [6.45, 7) is 2.83. The molecule has 1 saturated heterocycles. The molecule has 1 aliphatic rings. The second kappa shape index (κ2) is 6.24. The molecule has 1 atom stereocenters. The van der Waals surface area contributed by atoms with E-state index in [9.17, 15) is 4.79 Å². The molecule has 24 heavy (non-hydrogen) atoms. The smallest absolute Gasteiger partial charge is 0.264 e. The van der Waals surface area contributed by atoms with Gasteiger partial charge in [0.05, 0.1) is 17.1 Å². The van der Waals surface area contributed by atoms with Crippen LogP contribution in [-0.2, 0) is 0 Å². The van der Waals surface area contributed by atoms with Crippen molar-refractivity contribution in [1.29, 1.82) is 0 Å². The van der Waals surface area contributed by atoms with Crippen molar-refractivity contribution in [3.8, 4) is 11.1 Å². The molecule has 2 aromatic heterocycles. The average molecular weight is 337 g/mol. The largest absolute Gasteiger partial charge is 0.331 e. The van der Waals surface area contributed by atoms with Crippen LogP contribution in [-0.4, -0.2) is 27.5 Å². The van der Waals surface area contributed by atoms with Crippen LogP contribution in [0.25, 0.3) is 11.1 Å². The Morgan fingerprint density at radius 3 is 2.96 bits per heavy atom. The van der Waals surface area contributed by atoms with E-state index in [2.05, 4.69) is 28.4 Å². The van der Waals surface area contributed by atoms with Crippen LogP contribution >= 0.6 is 11.3 Å². The molecule has 0 saturated carbocycles. The van der Waals surface area contributed by atoms with Gasteiger partial charge in [-0.15, -0.1) is 11.3 Å². The van der Waals surface area contributed by atoms with Gasteiger partial charge in [-0.3, -0.25) is 9.89 Å². The fraction of sp³-hybridized carbons (Fsp3) is 0.263. The molecule has 5 heteroatoms. The van der Waals surface area contributed by atoms with Crippen molar-refractivity contribution in [2.75, 3.05) is 6.54 Å². The number of nitrogens with zero attached hydrogens (tertiary/aromatic N) is 2. The first-order valence-corrected chi connectivity index (χ1v) is 9.07. The van der Waals surface area contributed by atoms with E-state index in [0.29, 0.717) is 0 Å². The zero-order valence-electron chi connectivity index (χ0n) is 13.5. The Bertz CT molecular complexity index is 853. The molecule has 1 fully saturated rings. The van der Waals surface area contributed by atoms with Crippen LogP contribution in [0.3, 0.4) is 0 Å². The standard InChI is InChI=1S/C19H19N3OS/c1-13-8-10-24-18(13)19(23)22-9-4-7-17(22)16-6-3-2-5-15(16)14-11-20-21-12-14/h2-3,5-6,8,10-12,17H,4,7,9H2,1H3,(H,20,21)/t17-/m1/s1. The van der Waals surface area contributed by atoms with Crippen molar-refractivity contribution in [2.45, 2.75) is 25.8 Å². The van der Waals surface area contributed by atoms with Gasteiger partial charge in [0.15, 0.2) is 0 Å².